The Morgan fingerprint density at radius 1 is 0.429 bits per heavy atom. The lowest BCUT2D eigenvalue weighted by Crippen LogP contribution is -1.83. The second-order valence-corrected chi connectivity index (χ2v) is 11.3. The zero-order valence-corrected chi connectivity index (χ0v) is 12.5. The normalized spacial score (nSPS) is 24.0. The van der Waals surface area contributed by atoms with Crippen molar-refractivity contribution in [3.8, 4) is 0 Å². The van der Waals surface area contributed by atoms with Crippen molar-refractivity contribution in [3.63, 3.8) is 0 Å². The molecule has 1 heterocycles. The topological polar surface area (TPSA) is 0 Å². The fourth-order valence-electron chi connectivity index (χ4n) is 1.32. The highest BCUT2D eigenvalue weighted by Gasteiger charge is 1.97. The highest BCUT2D eigenvalue weighted by atomic mass is 33.8. The quantitative estimate of drug-likeness (QED) is 0.495. The van der Waals surface area contributed by atoms with E-state index in [-0.39, 0.29) is 0 Å². The van der Waals surface area contributed by atoms with Gasteiger partial charge in [-0.05, 0) is 42.3 Å². The van der Waals surface area contributed by atoms with Gasteiger partial charge in [-0.25, -0.2) is 0 Å². The molecule has 0 spiro atoms. The predicted octanol–water partition coefficient (Wildman–Crippen LogP) is 6.06. The van der Waals surface area contributed by atoms with Gasteiger partial charge in [-0.3, -0.25) is 0 Å². The van der Waals surface area contributed by atoms with E-state index >= 15 is 0 Å². The molecule has 1 aliphatic heterocycles. The van der Waals surface area contributed by atoms with Gasteiger partial charge in [-0.15, -0.1) is 0 Å². The summed E-state index contributed by atoms with van der Waals surface area (Å²) in [4.78, 5) is 0. The summed E-state index contributed by atoms with van der Waals surface area (Å²) in [7, 11) is 9.90. The molecule has 0 aromatic heterocycles. The van der Waals surface area contributed by atoms with E-state index in [9.17, 15) is 0 Å². The highest BCUT2D eigenvalue weighted by molar-refractivity contribution is 9.35. The third kappa shape index (κ3) is 9.01. The summed E-state index contributed by atoms with van der Waals surface area (Å²) in [5, 5.41) is 0. The average molecular weight is 287 g/mol. The van der Waals surface area contributed by atoms with Crippen LogP contribution >= 0.6 is 51.1 Å². The van der Waals surface area contributed by atoms with Crippen LogP contribution in [-0.2, 0) is 0 Å². The van der Waals surface area contributed by atoms with Gasteiger partial charge in [0.25, 0.3) is 0 Å². The van der Waals surface area contributed by atoms with Gasteiger partial charge >= 0.3 is 0 Å². The second kappa shape index (κ2) is 11.2. The van der Waals surface area contributed by atoms with Crippen molar-refractivity contribution in [2.24, 2.45) is 0 Å². The maximum atomic E-state index is 2.03. The molecule has 0 atom stereocenters. The van der Waals surface area contributed by atoms with Crippen LogP contribution in [0.3, 0.4) is 0 Å². The number of hydrogen-bond acceptors (Lipinski definition) is 5. The van der Waals surface area contributed by atoms with E-state index in [1.165, 1.54) is 56.5 Å². The summed E-state index contributed by atoms with van der Waals surface area (Å²) in [6.45, 7) is 0. The molecular weight excluding hydrogens is 268 g/mol. The fraction of sp³-hybridized carbons (Fsp3) is 1.00. The Bertz CT molecular complexity index is 66.5. The van der Waals surface area contributed by atoms with Gasteiger partial charge in [0.15, 0.2) is 0 Å². The predicted molar refractivity (Wildman–Crippen MR) is 80.0 cm³/mol. The van der Waals surface area contributed by atoms with Crippen LogP contribution in [0.15, 0.2) is 0 Å². The zero-order valence-electron chi connectivity index (χ0n) is 8.41. The first kappa shape index (κ1) is 13.8. The van der Waals surface area contributed by atoms with E-state index < -0.39 is 0 Å². The summed E-state index contributed by atoms with van der Waals surface area (Å²) >= 11 is 0. The lowest BCUT2D eigenvalue weighted by atomic mass is 10.1. The summed E-state index contributed by atoms with van der Waals surface area (Å²) in [5.41, 5.74) is 0. The molecule has 84 valence electrons. The molecular formula is C9H18S5. The molecule has 5 heteroatoms. The van der Waals surface area contributed by atoms with Gasteiger partial charge in [0, 0.05) is 11.5 Å². The zero-order chi connectivity index (χ0) is 9.90. The average Bonchev–Trinajstić information content (AvgIpc) is 2.22. The molecule has 0 radical (unpaired) electrons. The molecule has 0 aromatic carbocycles. The molecule has 1 fully saturated rings. The third-order valence-corrected chi connectivity index (χ3v) is 11.0. The molecule has 0 aromatic rings. The van der Waals surface area contributed by atoms with Gasteiger partial charge in [-0.1, -0.05) is 53.7 Å². The van der Waals surface area contributed by atoms with Crippen LogP contribution in [0.5, 0.6) is 0 Å². The highest BCUT2D eigenvalue weighted by Crippen LogP contribution is 2.48. The smallest absolute Gasteiger partial charge is 0.00454 e. The first-order valence-corrected chi connectivity index (χ1v) is 11.7. The molecule has 1 aliphatic rings. The Labute approximate surface area is 107 Å². The van der Waals surface area contributed by atoms with Gasteiger partial charge < -0.3 is 0 Å². The molecule has 0 unspecified atom stereocenters. The molecule has 1 rings (SSSR count). The summed E-state index contributed by atoms with van der Waals surface area (Å²) in [6, 6.07) is 0. The van der Waals surface area contributed by atoms with Crippen LogP contribution in [0.25, 0.3) is 0 Å². The monoisotopic (exact) mass is 286 g/mol. The summed E-state index contributed by atoms with van der Waals surface area (Å²) in [5.74, 6) is 2.67. The van der Waals surface area contributed by atoms with E-state index in [1.807, 2.05) is 51.1 Å². The van der Waals surface area contributed by atoms with Crippen molar-refractivity contribution in [2.45, 2.75) is 44.9 Å². The molecule has 0 N–H and O–H groups in total. The van der Waals surface area contributed by atoms with Crippen LogP contribution in [0.2, 0.25) is 0 Å². The van der Waals surface area contributed by atoms with Crippen molar-refractivity contribution in [3.05, 3.63) is 0 Å². The van der Waals surface area contributed by atoms with Gasteiger partial charge in [0.05, 0.1) is 0 Å². The molecule has 0 bridgehead atoms. The Balaban J connectivity index is 2.00. The van der Waals surface area contributed by atoms with E-state index in [0.717, 1.165) is 0 Å². The van der Waals surface area contributed by atoms with Crippen LogP contribution in [0.4, 0.5) is 0 Å². The van der Waals surface area contributed by atoms with Crippen molar-refractivity contribution < 1.29 is 0 Å². The van der Waals surface area contributed by atoms with Crippen LogP contribution < -0.4 is 0 Å². The van der Waals surface area contributed by atoms with Crippen LogP contribution in [-0.4, -0.2) is 11.5 Å². The number of hydrogen-bond donors (Lipinski definition) is 0. The molecule has 0 nitrogen and oxygen atoms in total. The molecule has 0 aliphatic carbocycles. The van der Waals surface area contributed by atoms with Crippen molar-refractivity contribution in [1.29, 1.82) is 0 Å². The maximum absolute atomic E-state index is 2.03. The molecule has 14 heavy (non-hydrogen) atoms. The first-order valence-electron chi connectivity index (χ1n) is 5.24. The van der Waals surface area contributed by atoms with Crippen LogP contribution in [0, 0.1) is 0 Å². The van der Waals surface area contributed by atoms with Gasteiger partial charge in [-0.2, -0.15) is 0 Å². The summed E-state index contributed by atoms with van der Waals surface area (Å²) in [6.07, 6.45) is 10.1. The van der Waals surface area contributed by atoms with E-state index in [1.54, 1.807) is 0 Å². The molecule has 0 saturated carbocycles. The molecule has 1 saturated heterocycles. The first-order chi connectivity index (χ1) is 7.00. The minimum Gasteiger partial charge on any atom is -0.0817 e. The Hall–Kier alpha value is 1.75. The van der Waals surface area contributed by atoms with Crippen molar-refractivity contribution in [2.75, 3.05) is 11.5 Å². The van der Waals surface area contributed by atoms with E-state index in [0.29, 0.717) is 0 Å². The fourth-order valence-corrected chi connectivity index (χ4v) is 10.3. The Morgan fingerprint density at radius 2 is 0.857 bits per heavy atom. The second-order valence-electron chi connectivity index (χ2n) is 3.32. The number of rotatable bonds is 0. The van der Waals surface area contributed by atoms with Crippen molar-refractivity contribution in [1.82, 2.24) is 0 Å². The Kier molecular flexibility index (Phi) is 11.1. The maximum Gasteiger partial charge on any atom is 0.00454 e. The Morgan fingerprint density at radius 3 is 1.36 bits per heavy atom. The minimum atomic E-state index is 1.34. The van der Waals surface area contributed by atoms with E-state index in [2.05, 4.69) is 0 Å². The SMILES string of the molecule is C1CCCCSSSSSCCCC1. The largest absolute Gasteiger partial charge is 0.0817 e. The van der Waals surface area contributed by atoms with Crippen molar-refractivity contribution >= 4 is 51.1 Å². The van der Waals surface area contributed by atoms with Crippen LogP contribution in [0.1, 0.15) is 44.9 Å². The lowest BCUT2D eigenvalue weighted by Gasteiger charge is -2.04. The lowest BCUT2D eigenvalue weighted by molar-refractivity contribution is 0.606. The minimum absolute atomic E-state index is 1.34. The van der Waals surface area contributed by atoms with E-state index in [4.69, 9.17) is 0 Å². The molecule has 0 amide bonds. The standard InChI is InChI=1S/C9H18S5/c1-2-4-6-8-10-12-14-13-11-9-7-5-3-1/h1-9H2. The van der Waals surface area contributed by atoms with Gasteiger partial charge in [0.2, 0.25) is 0 Å². The third-order valence-electron chi connectivity index (χ3n) is 2.11. The summed E-state index contributed by atoms with van der Waals surface area (Å²) < 4.78 is 0. The van der Waals surface area contributed by atoms with Gasteiger partial charge in [0.1, 0.15) is 0 Å².